The third-order valence-corrected chi connectivity index (χ3v) is 5.23. The van der Waals surface area contributed by atoms with Gasteiger partial charge in [-0.25, -0.2) is 12.8 Å². The molecule has 2 aromatic rings. The molecule has 0 aliphatic rings. The van der Waals surface area contributed by atoms with Gasteiger partial charge in [0, 0.05) is 5.02 Å². The third-order valence-electron chi connectivity index (χ3n) is 3.40. The van der Waals surface area contributed by atoms with Crippen LogP contribution in [0.4, 0.5) is 23.2 Å². The Morgan fingerprint density at radius 3 is 2.37 bits per heavy atom. The van der Waals surface area contributed by atoms with Gasteiger partial charge < -0.3 is 5.32 Å². The largest absolute Gasteiger partial charge is 0.417 e. The Morgan fingerprint density at radius 2 is 1.78 bits per heavy atom. The summed E-state index contributed by atoms with van der Waals surface area (Å²) in [7, 11) is -4.67. The summed E-state index contributed by atoms with van der Waals surface area (Å²) >= 11 is 5.59. The van der Waals surface area contributed by atoms with E-state index < -0.39 is 44.4 Å². The normalized spacial score (nSPS) is 13.3. The maximum Gasteiger partial charge on any atom is 0.417 e. The number of hydrogen-bond donors (Lipinski definition) is 2. The molecular weight excluding hydrogens is 412 g/mol. The standard InChI is InChI=1S/C16H13ClF4N2O3S/c1-9(15(24)22-13-7-6-10(17)8-12(13)18)23-27(25,26)14-5-3-2-4-11(14)16(19,20)21/h2-9,23H,1H3,(H,22,24)/t9-/m1/s1. The van der Waals surface area contributed by atoms with Crippen LogP contribution in [0.5, 0.6) is 0 Å². The molecule has 2 aromatic carbocycles. The fraction of sp³-hybridized carbons (Fsp3) is 0.188. The van der Waals surface area contributed by atoms with E-state index in [1.165, 1.54) is 6.07 Å². The molecule has 0 saturated heterocycles. The first-order valence-corrected chi connectivity index (χ1v) is 9.22. The van der Waals surface area contributed by atoms with E-state index in [0.717, 1.165) is 37.3 Å². The van der Waals surface area contributed by atoms with E-state index in [1.807, 2.05) is 4.72 Å². The zero-order chi connectivity index (χ0) is 20.4. The van der Waals surface area contributed by atoms with E-state index in [9.17, 15) is 30.8 Å². The van der Waals surface area contributed by atoms with Gasteiger partial charge in [0.2, 0.25) is 15.9 Å². The van der Waals surface area contributed by atoms with Crippen LogP contribution in [0.1, 0.15) is 12.5 Å². The summed E-state index contributed by atoms with van der Waals surface area (Å²) in [6.45, 7) is 1.11. The Labute approximate surface area is 157 Å². The lowest BCUT2D eigenvalue weighted by molar-refractivity contribution is -0.139. The SMILES string of the molecule is C[C@@H](NS(=O)(=O)c1ccccc1C(F)(F)F)C(=O)Nc1ccc(Cl)cc1F. The Hall–Kier alpha value is -2.17. The predicted molar refractivity (Wildman–Crippen MR) is 91.3 cm³/mol. The van der Waals surface area contributed by atoms with Crippen molar-refractivity contribution in [3.63, 3.8) is 0 Å². The van der Waals surface area contributed by atoms with Crippen molar-refractivity contribution in [1.29, 1.82) is 0 Å². The number of rotatable bonds is 5. The lowest BCUT2D eigenvalue weighted by Crippen LogP contribution is -2.42. The van der Waals surface area contributed by atoms with Gasteiger partial charge in [-0.15, -0.1) is 0 Å². The van der Waals surface area contributed by atoms with Gasteiger partial charge in [0.1, 0.15) is 5.82 Å². The number of halogens is 5. The second kappa shape index (κ2) is 7.83. The fourth-order valence-corrected chi connectivity index (χ4v) is 3.71. The molecule has 0 aliphatic heterocycles. The summed E-state index contributed by atoms with van der Waals surface area (Å²) in [6, 6.07) is 5.47. The first-order chi connectivity index (χ1) is 12.4. The molecule has 0 aromatic heterocycles. The molecule has 2 N–H and O–H groups in total. The molecule has 0 bridgehead atoms. The van der Waals surface area contributed by atoms with Crippen LogP contribution < -0.4 is 10.0 Å². The minimum atomic E-state index is -4.90. The summed E-state index contributed by atoms with van der Waals surface area (Å²) in [6.07, 6.45) is -4.90. The van der Waals surface area contributed by atoms with Crippen molar-refractivity contribution < 1.29 is 30.8 Å². The zero-order valence-electron chi connectivity index (χ0n) is 13.6. The molecule has 0 radical (unpaired) electrons. The highest BCUT2D eigenvalue weighted by atomic mass is 35.5. The maximum absolute atomic E-state index is 13.7. The molecule has 0 heterocycles. The average molecular weight is 425 g/mol. The summed E-state index contributed by atoms with van der Waals surface area (Å²) < 4.78 is 79.2. The van der Waals surface area contributed by atoms with Gasteiger partial charge in [-0.2, -0.15) is 17.9 Å². The van der Waals surface area contributed by atoms with Crippen LogP contribution in [0.15, 0.2) is 47.4 Å². The van der Waals surface area contributed by atoms with E-state index in [1.54, 1.807) is 0 Å². The highest BCUT2D eigenvalue weighted by Crippen LogP contribution is 2.33. The van der Waals surface area contributed by atoms with Crippen LogP contribution in [-0.2, 0) is 21.0 Å². The molecule has 0 unspecified atom stereocenters. The van der Waals surface area contributed by atoms with Crippen molar-refractivity contribution in [2.24, 2.45) is 0 Å². The minimum absolute atomic E-state index is 0.0861. The smallest absolute Gasteiger partial charge is 0.322 e. The van der Waals surface area contributed by atoms with Gasteiger partial charge in [0.25, 0.3) is 0 Å². The van der Waals surface area contributed by atoms with Crippen molar-refractivity contribution >= 4 is 33.2 Å². The number of hydrogen-bond acceptors (Lipinski definition) is 3. The Balaban J connectivity index is 2.21. The number of nitrogens with one attached hydrogen (secondary N) is 2. The molecule has 1 atom stereocenters. The number of amides is 1. The molecule has 27 heavy (non-hydrogen) atoms. The molecule has 1 amide bonds. The molecule has 2 rings (SSSR count). The van der Waals surface area contributed by atoms with E-state index in [2.05, 4.69) is 5.32 Å². The van der Waals surface area contributed by atoms with Crippen LogP contribution in [-0.4, -0.2) is 20.4 Å². The highest BCUT2D eigenvalue weighted by Gasteiger charge is 2.37. The number of carbonyl (C=O) groups excluding carboxylic acids is 1. The average Bonchev–Trinajstić information content (AvgIpc) is 2.56. The lowest BCUT2D eigenvalue weighted by Gasteiger charge is -2.17. The first-order valence-electron chi connectivity index (χ1n) is 7.36. The van der Waals surface area contributed by atoms with E-state index in [0.29, 0.717) is 6.07 Å². The predicted octanol–water partition coefficient (Wildman–Crippen LogP) is 3.80. The number of alkyl halides is 3. The number of benzene rings is 2. The summed E-state index contributed by atoms with van der Waals surface area (Å²) in [5, 5.41) is 2.22. The van der Waals surface area contributed by atoms with Crippen molar-refractivity contribution in [3.05, 3.63) is 58.9 Å². The highest BCUT2D eigenvalue weighted by molar-refractivity contribution is 7.89. The number of sulfonamides is 1. The van der Waals surface area contributed by atoms with Crippen molar-refractivity contribution in [3.8, 4) is 0 Å². The van der Waals surface area contributed by atoms with Gasteiger partial charge in [-0.3, -0.25) is 4.79 Å². The van der Waals surface area contributed by atoms with Gasteiger partial charge >= 0.3 is 6.18 Å². The Morgan fingerprint density at radius 1 is 1.15 bits per heavy atom. The summed E-state index contributed by atoms with van der Waals surface area (Å²) in [4.78, 5) is 11.1. The van der Waals surface area contributed by atoms with Crippen LogP contribution in [0, 0.1) is 5.82 Å². The van der Waals surface area contributed by atoms with Crippen molar-refractivity contribution in [2.75, 3.05) is 5.32 Å². The van der Waals surface area contributed by atoms with E-state index in [4.69, 9.17) is 11.6 Å². The first kappa shape index (κ1) is 21.1. The lowest BCUT2D eigenvalue weighted by atomic mass is 10.2. The summed E-state index contributed by atoms with van der Waals surface area (Å²) in [5.74, 6) is -1.82. The van der Waals surface area contributed by atoms with Crippen LogP contribution in [0.2, 0.25) is 5.02 Å². The maximum atomic E-state index is 13.7. The topological polar surface area (TPSA) is 75.3 Å². The van der Waals surface area contributed by atoms with Crippen LogP contribution in [0.25, 0.3) is 0 Å². The molecule has 11 heteroatoms. The monoisotopic (exact) mass is 424 g/mol. The molecule has 0 spiro atoms. The quantitative estimate of drug-likeness (QED) is 0.717. The van der Waals surface area contributed by atoms with Gasteiger partial charge in [0.05, 0.1) is 22.2 Å². The zero-order valence-corrected chi connectivity index (χ0v) is 15.2. The number of anilines is 1. The van der Waals surface area contributed by atoms with Crippen LogP contribution >= 0.6 is 11.6 Å². The van der Waals surface area contributed by atoms with Crippen molar-refractivity contribution in [2.45, 2.75) is 24.0 Å². The minimum Gasteiger partial charge on any atom is -0.322 e. The van der Waals surface area contributed by atoms with Crippen LogP contribution in [0.3, 0.4) is 0 Å². The van der Waals surface area contributed by atoms with E-state index in [-0.39, 0.29) is 10.7 Å². The summed E-state index contributed by atoms with van der Waals surface area (Å²) in [5.41, 5.74) is -1.63. The van der Waals surface area contributed by atoms with Gasteiger partial charge in [-0.05, 0) is 37.3 Å². The number of carbonyl (C=O) groups is 1. The molecule has 146 valence electrons. The molecule has 0 aliphatic carbocycles. The third kappa shape index (κ3) is 5.18. The molecule has 0 fully saturated rings. The molecule has 0 saturated carbocycles. The van der Waals surface area contributed by atoms with Crippen molar-refractivity contribution in [1.82, 2.24) is 4.72 Å². The fourth-order valence-electron chi connectivity index (χ4n) is 2.12. The molecular formula is C16H13ClF4N2O3S. The second-order valence-corrected chi connectivity index (χ2v) is 7.57. The second-order valence-electron chi connectivity index (χ2n) is 5.45. The van der Waals surface area contributed by atoms with Gasteiger partial charge in [-0.1, -0.05) is 23.7 Å². The van der Waals surface area contributed by atoms with Gasteiger partial charge in [0.15, 0.2) is 0 Å². The van der Waals surface area contributed by atoms with E-state index >= 15 is 0 Å². The Bertz CT molecular complexity index is 964. The molecule has 5 nitrogen and oxygen atoms in total. The Kier molecular flexibility index (Phi) is 6.13.